The number of carbonyl (C=O) groups is 2. The Morgan fingerprint density at radius 2 is 1.91 bits per heavy atom. The van der Waals surface area contributed by atoms with E-state index in [4.69, 9.17) is 18.9 Å². The summed E-state index contributed by atoms with van der Waals surface area (Å²) in [5.41, 5.74) is 1.59. The van der Waals surface area contributed by atoms with E-state index < -0.39 is 5.92 Å². The van der Waals surface area contributed by atoms with Crippen LogP contribution in [0, 0.1) is 5.92 Å². The Morgan fingerprint density at radius 1 is 1.12 bits per heavy atom. The molecule has 0 bridgehead atoms. The zero-order chi connectivity index (χ0) is 22.7. The lowest BCUT2D eigenvalue weighted by Gasteiger charge is -2.27. The number of para-hydroxylation sites is 1. The lowest BCUT2D eigenvalue weighted by molar-refractivity contribution is -0.136. The summed E-state index contributed by atoms with van der Waals surface area (Å²) in [5.74, 6) is 1.99. The summed E-state index contributed by atoms with van der Waals surface area (Å²) in [6, 6.07) is 11.0. The monoisotopic (exact) mass is 440 g/mol. The van der Waals surface area contributed by atoms with Crippen LogP contribution >= 0.6 is 0 Å². The molecule has 0 aromatic heterocycles. The summed E-state index contributed by atoms with van der Waals surface area (Å²) in [5, 5.41) is 0. The SMILES string of the molecule is CCN(Cc1cccc2c1OCCO2)C(=O)C1CC(=O)N(c2ccc(OC)c(OC)c2)C1. The highest BCUT2D eigenvalue weighted by Gasteiger charge is 2.37. The van der Waals surface area contributed by atoms with E-state index >= 15 is 0 Å². The van der Waals surface area contributed by atoms with Crippen molar-refractivity contribution in [1.29, 1.82) is 0 Å². The maximum Gasteiger partial charge on any atom is 0.228 e. The number of hydrogen-bond donors (Lipinski definition) is 0. The normalized spacial score (nSPS) is 17.3. The Labute approximate surface area is 187 Å². The van der Waals surface area contributed by atoms with E-state index in [2.05, 4.69) is 0 Å². The molecule has 2 heterocycles. The van der Waals surface area contributed by atoms with Crippen LogP contribution in [0.25, 0.3) is 0 Å². The molecule has 8 heteroatoms. The number of nitrogens with zero attached hydrogens (tertiary/aromatic N) is 2. The van der Waals surface area contributed by atoms with Gasteiger partial charge in [0, 0.05) is 43.4 Å². The summed E-state index contributed by atoms with van der Waals surface area (Å²) in [6.45, 7) is 4.21. The molecule has 32 heavy (non-hydrogen) atoms. The molecule has 0 radical (unpaired) electrons. The lowest BCUT2D eigenvalue weighted by Crippen LogP contribution is -2.37. The first-order valence-corrected chi connectivity index (χ1v) is 10.7. The third-order valence-corrected chi connectivity index (χ3v) is 5.86. The number of hydrogen-bond acceptors (Lipinski definition) is 6. The van der Waals surface area contributed by atoms with Gasteiger partial charge in [0.2, 0.25) is 11.8 Å². The molecule has 0 aliphatic carbocycles. The molecular weight excluding hydrogens is 412 g/mol. The highest BCUT2D eigenvalue weighted by atomic mass is 16.6. The molecule has 1 saturated heterocycles. The van der Waals surface area contributed by atoms with E-state index in [0.717, 1.165) is 5.56 Å². The van der Waals surface area contributed by atoms with Crippen molar-refractivity contribution in [3.05, 3.63) is 42.0 Å². The fourth-order valence-electron chi connectivity index (χ4n) is 4.18. The zero-order valence-corrected chi connectivity index (χ0v) is 18.6. The number of ether oxygens (including phenoxy) is 4. The maximum atomic E-state index is 13.3. The van der Waals surface area contributed by atoms with Crippen molar-refractivity contribution in [2.24, 2.45) is 5.92 Å². The molecule has 2 amide bonds. The van der Waals surface area contributed by atoms with Gasteiger partial charge in [0.25, 0.3) is 0 Å². The van der Waals surface area contributed by atoms with E-state index in [1.54, 1.807) is 42.2 Å². The first kappa shape index (κ1) is 21.8. The summed E-state index contributed by atoms with van der Waals surface area (Å²) in [6.07, 6.45) is 0.177. The summed E-state index contributed by atoms with van der Waals surface area (Å²) in [4.78, 5) is 29.5. The van der Waals surface area contributed by atoms with E-state index in [9.17, 15) is 9.59 Å². The predicted octanol–water partition coefficient (Wildman–Crippen LogP) is 2.88. The van der Waals surface area contributed by atoms with Gasteiger partial charge >= 0.3 is 0 Å². The van der Waals surface area contributed by atoms with Crippen LogP contribution < -0.4 is 23.8 Å². The largest absolute Gasteiger partial charge is 0.493 e. The molecule has 2 aromatic carbocycles. The van der Waals surface area contributed by atoms with Crippen molar-refractivity contribution in [2.75, 3.05) is 45.4 Å². The van der Waals surface area contributed by atoms with Crippen molar-refractivity contribution in [3.8, 4) is 23.0 Å². The van der Waals surface area contributed by atoms with Crippen LogP contribution in [0.15, 0.2) is 36.4 Å². The maximum absolute atomic E-state index is 13.3. The zero-order valence-electron chi connectivity index (χ0n) is 18.6. The lowest BCUT2D eigenvalue weighted by atomic mass is 10.1. The third kappa shape index (κ3) is 4.17. The van der Waals surface area contributed by atoms with Crippen molar-refractivity contribution in [3.63, 3.8) is 0 Å². The van der Waals surface area contributed by atoms with Crippen molar-refractivity contribution < 1.29 is 28.5 Å². The van der Waals surface area contributed by atoms with Gasteiger partial charge in [0.15, 0.2) is 23.0 Å². The predicted molar refractivity (Wildman–Crippen MR) is 119 cm³/mol. The van der Waals surface area contributed by atoms with Gasteiger partial charge < -0.3 is 28.7 Å². The standard InChI is InChI=1S/C24H28N2O6/c1-4-25(14-16-6-5-7-20-23(16)32-11-10-31-20)24(28)17-12-22(27)26(15-17)18-8-9-19(29-2)21(13-18)30-3/h5-9,13,17H,4,10-12,14-15H2,1-3H3. The van der Waals surface area contributed by atoms with E-state index in [-0.39, 0.29) is 18.2 Å². The molecular formula is C24H28N2O6. The first-order chi connectivity index (χ1) is 15.5. The fraction of sp³-hybridized carbons (Fsp3) is 0.417. The van der Waals surface area contributed by atoms with Gasteiger partial charge in [-0.25, -0.2) is 0 Å². The van der Waals surface area contributed by atoms with Crippen molar-refractivity contribution in [1.82, 2.24) is 4.90 Å². The van der Waals surface area contributed by atoms with Gasteiger partial charge in [0.05, 0.1) is 20.1 Å². The quantitative estimate of drug-likeness (QED) is 0.659. The topological polar surface area (TPSA) is 77.5 Å². The Bertz CT molecular complexity index is 1010. The van der Waals surface area contributed by atoms with Gasteiger partial charge in [-0.15, -0.1) is 0 Å². The Morgan fingerprint density at radius 3 is 2.66 bits per heavy atom. The summed E-state index contributed by atoms with van der Waals surface area (Å²) < 4.78 is 22.1. The van der Waals surface area contributed by atoms with Crippen LogP contribution in [-0.2, 0) is 16.1 Å². The first-order valence-electron chi connectivity index (χ1n) is 10.7. The van der Waals surface area contributed by atoms with Crippen molar-refractivity contribution >= 4 is 17.5 Å². The fourth-order valence-corrected chi connectivity index (χ4v) is 4.18. The molecule has 0 saturated carbocycles. The molecule has 4 rings (SSSR count). The molecule has 1 fully saturated rings. The second-order valence-electron chi connectivity index (χ2n) is 7.74. The van der Waals surface area contributed by atoms with Crippen LogP contribution in [0.4, 0.5) is 5.69 Å². The third-order valence-electron chi connectivity index (χ3n) is 5.86. The van der Waals surface area contributed by atoms with E-state index in [1.165, 1.54) is 0 Å². The van der Waals surface area contributed by atoms with E-state index in [1.807, 2.05) is 25.1 Å². The highest BCUT2D eigenvalue weighted by molar-refractivity contribution is 6.00. The van der Waals surface area contributed by atoms with Gasteiger partial charge in [-0.1, -0.05) is 12.1 Å². The van der Waals surface area contributed by atoms with Crippen LogP contribution in [-0.4, -0.2) is 57.2 Å². The highest BCUT2D eigenvalue weighted by Crippen LogP contribution is 2.36. The average molecular weight is 440 g/mol. The van der Waals surface area contributed by atoms with Gasteiger partial charge in [-0.2, -0.15) is 0 Å². The molecule has 0 spiro atoms. The Kier molecular flexibility index (Phi) is 6.39. The number of carbonyl (C=O) groups excluding carboxylic acids is 2. The van der Waals surface area contributed by atoms with Gasteiger partial charge in [-0.3, -0.25) is 9.59 Å². The van der Waals surface area contributed by atoms with Crippen LogP contribution in [0.2, 0.25) is 0 Å². The molecule has 2 aliphatic heterocycles. The van der Waals surface area contributed by atoms with E-state index in [0.29, 0.717) is 61.5 Å². The van der Waals surface area contributed by atoms with Crippen LogP contribution in [0.5, 0.6) is 23.0 Å². The molecule has 170 valence electrons. The van der Waals surface area contributed by atoms with Crippen LogP contribution in [0.3, 0.4) is 0 Å². The minimum Gasteiger partial charge on any atom is -0.493 e. The minimum absolute atomic E-state index is 0.0434. The number of rotatable bonds is 7. The molecule has 2 aromatic rings. The second-order valence-corrected chi connectivity index (χ2v) is 7.74. The Hall–Kier alpha value is -3.42. The smallest absolute Gasteiger partial charge is 0.228 e. The van der Waals surface area contributed by atoms with Gasteiger partial charge in [-0.05, 0) is 25.1 Å². The second kappa shape index (κ2) is 9.38. The molecule has 1 unspecified atom stereocenters. The summed E-state index contributed by atoms with van der Waals surface area (Å²) >= 11 is 0. The van der Waals surface area contributed by atoms with Crippen LogP contribution in [0.1, 0.15) is 18.9 Å². The molecule has 8 nitrogen and oxygen atoms in total. The number of amides is 2. The number of methoxy groups -OCH3 is 2. The number of fused-ring (bicyclic) bond motifs is 1. The van der Waals surface area contributed by atoms with Crippen molar-refractivity contribution in [2.45, 2.75) is 19.9 Å². The van der Waals surface area contributed by atoms with Gasteiger partial charge in [0.1, 0.15) is 13.2 Å². The Balaban J connectivity index is 1.49. The molecule has 2 aliphatic rings. The summed E-state index contributed by atoms with van der Waals surface area (Å²) in [7, 11) is 3.11. The molecule has 0 N–H and O–H groups in total. The average Bonchev–Trinajstić information content (AvgIpc) is 3.23. The number of benzene rings is 2. The minimum atomic E-state index is -0.410. The number of anilines is 1. The molecule has 1 atom stereocenters.